The summed E-state index contributed by atoms with van der Waals surface area (Å²) in [4.78, 5) is 12.4. The van der Waals surface area contributed by atoms with Gasteiger partial charge in [0.2, 0.25) is 0 Å². The first-order valence-electron chi connectivity index (χ1n) is 8.31. The molecule has 0 atom stereocenters. The molecule has 3 rings (SSSR count). The normalized spacial score (nSPS) is 11.1. The van der Waals surface area contributed by atoms with Crippen LogP contribution in [0.15, 0.2) is 65.1 Å². The molecule has 0 saturated heterocycles. The second-order valence-electron chi connectivity index (χ2n) is 6.04. The highest BCUT2D eigenvalue weighted by molar-refractivity contribution is 9.10. The lowest BCUT2D eigenvalue weighted by Crippen LogP contribution is -2.00. The topological polar surface area (TPSA) is 31.2 Å². The highest BCUT2D eigenvalue weighted by atomic mass is 79.9. The Balaban J connectivity index is 1.88. The van der Waals surface area contributed by atoms with Crippen molar-refractivity contribution in [3.05, 3.63) is 87.7 Å². The van der Waals surface area contributed by atoms with Gasteiger partial charge in [-0.25, -0.2) is 0 Å². The van der Waals surface area contributed by atoms with E-state index in [0.717, 1.165) is 32.9 Å². The fourth-order valence-electron chi connectivity index (χ4n) is 2.98. The van der Waals surface area contributed by atoms with Crippen molar-refractivity contribution in [2.24, 2.45) is 0 Å². The number of para-hydroxylation sites is 1. The van der Waals surface area contributed by atoms with Crippen LogP contribution in [0, 0.1) is 13.8 Å². The first kappa shape index (κ1) is 18.2. The number of methoxy groups -OCH3 is 1. The van der Waals surface area contributed by atoms with Crippen LogP contribution in [0.2, 0.25) is 0 Å². The van der Waals surface area contributed by atoms with Gasteiger partial charge in [-0.2, -0.15) is 0 Å². The van der Waals surface area contributed by atoms with E-state index in [4.69, 9.17) is 4.74 Å². The Morgan fingerprint density at radius 3 is 2.42 bits per heavy atom. The predicted octanol–water partition coefficient (Wildman–Crippen LogP) is 5.76. The van der Waals surface area contributed by atoms with Crippen molar-refractivity contribution in [1.29, 1.82) is 0 Å². The Morgan fingerprint density at radius 1 is 1.08 bits per heavy atom. The Labute approximate surface area is 162 Å². The minimum atomic E-state index is -0.0293. The quantitative estimate of drug-likeness (QED) is 0.396. The zero-order valence-electron chi connectivity index (χ0n) is 15.0. The van der Waals surface area contributed by atoms with Gasteiger partial charge in [0.15, 0.2) is 5.78 Å². The van der Waals surface area contributed by atoms with Crippen LogP contribution < -0.4 is 4.74 Å². The average molecular weight is 410 g/mol. The van der Waals surface area contributed by atoms with Crippen molar-refractivity contribution >= 4 is 27.8 Å². The number of ketones is 1. The maximum absolute atomic E-state index is 12.4. The Bertz CT molecular complexity index is 968. The van der Waals surface area contributed by atoms with E-state index < -0.39 is 0 Å². The van der Waals surface area contributed by atoms with Gasteiger partial charge in [0.05, 0.1) is 12.8 Å². The molecule has 0 aliphatic heterocycles. The molecule has 0 aliphatic rings. The van der Waals surface area contributed by atoms with Crippen molar-refractivity contribution in [1.82, 2.24) is 4.57 Å². The molecule has 132 valence electrons. The van der Waals surface area contributed by atoms with E-state index in [9.17, 15) is 4.79 Å². The number of carbonyl (C=O) groups is 1. The van der Waals surface area contributed by atoms with Crippen LogP contribution in [0.4, 0.5) is 0 Å². The van der Waals surface area contributed by atoms with Gasteiger partial charge in [0.25, 0.3) is 0 Å². The van der Waals surface area contributed by atoms with Gasteiger partial charge in [0, 0.05) is 21.4 Å². The standard InChI is InChI=1S/C22H20BrNO2/c1-15-14-18(16(2)24(15)21-7-5-4-6-20(21)23)10-13-22(25)17-8-11-19(26-3)12-9-17/h4-14H,1-3H3/b13-10+. The van der Waals surface area contributed by atoms with E-state index >= 15 is 0 Å². The molecule has 4 heteroatoms. The van der Waals surface area contributed by atoms with Gasteiger partial charge < -0.3 is 9.30 Å². The summed E-state index contributed by atoms with van der Waals surface area (Å²) in [5.74, 6) is 0.709. The molecule has 1 heterocycles. The van der Waals surface area contributed by atoms with E-state index in [1.165, 1.54) is 0 Å². The number of hydrogen-bond donors (Lipinski definition) is 0. The number of allylic oxidation sites excluding steroid dienone is 1. The lowest BCUT2D eigenvalue weighted by Gasteiger charge is -2.11. The molecular formula is C22H20BrNO2. The first-order chi connectivity index (χ1) is 12.5. The highest BCUT2D eigenvalue weighted by Gasteiger charge is 2.11. The summed E-state index contributed by atoms with van der Waals surface area (Å²) in [5.41, 5.74) is 4.96. The van der Waals surface area contributed by atoms with Gasteiger partial charge in [-0.15, -0.1) is 0 Å². The van der Waals surface area contributed by atoms with E-state index in [1.807, 2.05) is 24.3 Å². The number of rotatable bonds is 5. The molecule has 1 aromatic heterocycles. The van der Waals surface area contributed by atoms with Crippen molar-refractivity contribution in [3.63, 3.8) is 0 Å². The van der Waals surface area contributed by atoms with Crippen LogP contribution in [0.5, 0.6) is 5.75 Å². The van der Waals surface area contributed by atoms with Crippen molar-refractivity contribution in [2.45, 2.75) is 13.8 Å². The third-order valence-corrected chi connectivity index (χ3v) is 5.02. The lowest BCUT2D eigenvalue weighted by atomic mass is 10.1. The van der Waals surface area contributed by atoms with Crippen LogP contribution in [-0.2, 0) is 0 Å². The van der Waals surface area contributed by atoms with Gasteiger partial charge in [-0.1, -0.05) is 12.1 Å². The smallest absolute Gasteiger partial charge is 0.185 e. The number of hydrogen-bond acceptors (Lipinski definition) is 2. The summed E-state index contributed by atoms with van der Waals surface area (Å²) in [7, 11) is 1.61. The van der Waals surface area contributed by atoms with Crippen LogP contribution >= 0.6 is 15.9 Å². The molecule has 0 radical (unpaired) electrons. The van der Waals surface area contributed by atoms with E-state index in [0.29, 0.717) is 5.56 Å². The van der Waals surface area contributed by atoms with Crippen LogP contribution in [0.25, 0.3) is 11.8 Å². The third-order valence-electron chi connectivity index (χ3n) is 4.35. The molecule has 0 unspecified atom stereocenters. The first-order valence-corrected chi connectivity index (χ1v) is 9.11. The zero-order valence-corrected chi connectivity index (χ0v) is 16.6. The molecule has 0 amide bonds. The molecule has 3 nitrogen and oxygen atoms in total. The largest absolute Gasteiger partial charge is 0.497 e. The maximum atomic E-state index is 12.4. The van der Waals surface area contributed by atoms with Gasteiger partial charge >= 0.3 is 0 Å². The van der Waals surface area contributed by atoms with E-state index in [2.05, 4.69) is 46.5 Å². The minimum absolute atomic E-state index is 0.0293. The second-order valence-corrected chi connectivity index (χ2v) is 6.89. The molecule has 0 bridgehead atoms. The summed E-state index contributed by atoms with van der Waals surface area (Å²) in [6.45, 7) is 4.12. The molecule has 0 spiro atoms. The van der Waals surface area contributed by atoms with E-state index in [-0.39, 0.29) is 5.78 Å². The number of ether oxygens (including phenoxy) is 1. The number of benzene rings is 2. The summed E-state index contributed by atoms with van der Waals surface area (Å²) in [6, 6.07) is 17.3. The Hall–Kier alpha value is -2.59. The molecule has 26 heavy (non-hydrogen) atoms. The Morgan fingerprint density at radius 2 is 1.77 bits per heavy atom. The SMILES string of the molecule is COc1ccc(C(=O)/C=C/c2cc(C)n(-c3ccccc3Br)c2C)cc1. The van der Waals surface area contributed by atoms with Gasteiger partial charge in [-0.3, -0.25) is 4.79 Å². The molecular weight excluding hydrogens is 390 g/mol. The number of aromatic nitrogens is 1. The highest BCUT2D eigenvalue weighted by Crippen LogP contribution is 2.27. The lowest BCUT2D eigenvalue weighted by molar-refractivity contribution is 0.104. The fraction of sp³-hybridized carbons (Fsp3) is 0.136. The zero-order chi connectivity index (χ0) is 18.7. The molecule has 0 aliphatic carbocycles. The van der Waals surface area contributed by atoms with Crippen LogP contribution in [-0.4, -0.2) is 17.5 Å². The summed E-state index contributed by atoms with van der Waals surface area (Å²) < 4.78 is 8.34. The fourth-order valence-corrected chi connectivity index (χ4v) is 3.44. The molecule has 2 aromatic carbocycles. The number of halogens is 1. The number of carbonyl (C=O) groups excluding carboxylic acids is 1. The van der Waals surface area contributed by atoms with E-state index in [1.54, 1.807) is 37.5 Å². The maximum Gasteiger partial charge on any atom is 0.185 e. The molecule has 0 saturated carbocycles. The van der Waals surface area contributed by atoms with Crippen LogP contribution in [0.3, 0.4) is 0 Å². The number of aryl methyl sites for hydroxylation is 1. The molecule has 0 N–H and O–H groups in total. The van der Waals surface area contributed by atoms with Gasteiger partial charge in [0.1, 0.15) is 5.75 Å². The Kier molecular flexibility index (Phi) is 5.43. The summed E-state index contributed by atoms with van der Waals surface area (Å²) in [6.07, 6.45) is 3.50. The molecule has 0 fully saturated rings. The number of nitrogens with zero attached hydrogens (tertiary/aromatic N) is 1. The second kappa shape index (κ2) is 7.75. The summed E-state index contributed by atoms with van der Waals surface area (Å²) >= 11 is 3.61. The minimum Gasteiger partial charge on any atom is -0.497 e. The van der Waals surface area contributed by atoms with Crippen molar-refractivity contribution in [2.75, 3.05) is 7.11 Å². The summed E-state index contributed by atoms with van der Waals surface area (Å²) in [5, 5.41) is 0. The van der Waals surface area contributed by atoms with Crippen molar-refractivity contribution in [3.8, 4) is 11.4 Å². The van der Waals surface area contributed by atoms with Gasteiger partial charge in [-0.05, 0) is 90.0 Å². The monoisotopic (exact) mass is 409 g/mol. The molecule has 3 aromatic rings. The average Bonchev–Trinajstić information content (AvgIpc) is 2.94. The van der Waals surface area contributed by atoms with Crippen molar-refractivity contribution < 1.29 is 9.53 Å². The third kappa shape index (κ3) is 3.65. The van der Waals surface area contributed by atoms with Crippen LogP contribution in [0.1, 0.15) is 27.3 Å². The predicted molar refractivity (Wildman–Crippen MR) is 109 cm³/mol.